The van der Waals surface area contributed by atoms with Gasteiger partial charge in [0.05, 0.1) is 0 Å². The third-order valence-electron chi connectivity index (χ3n) is 1.30. The lowest BCUT2D eigenvalue weighted by molar-refractivity contribution is 0.682. The molecule has 0 unspecified atom stereocenters. The van der Waals surface area contributed by atoms with E-state index in [9.17, 15) is 0 Å². The summed E-state index contributed by atoms with van der Waals surface area (Å²) >= 11 is 0. The first-order valence-corrected chi connectivity index (χ1v) is 4.00. The standard InChI is InChI=1S/C8H18N2/c1-2-3-4-7-10-8-5-6-9/h5,8,10H,2-4,6-7,9H2,1H3/b8-5+. The van der Waals surface area contributed by atoms with Crippen molar-refractivity contribution in [1.82, 2.24) is 5.32 Å². The zero-order valence-electron chi connectivity index (χ0n) is 6.77. The third-order valence-corrected chi connectivity index (χ3v) is 1.30. The lowest BCUT2D eigenvalue weighted by Crippen LogP contribution is -2.07. The Bertz CT molecular complexity index is 79.3. The van der Waals surface area contributed by atoms with Gasteiger partial charge in [0.25, 0.3) is 0 Å². The average molecular weight is 142 g/mol. The van der Waals surface area contributed by atoms with Crippen molar-refractivity contribution in [2.45, 2.75) is 26.2 Å². The maximum atomic E-state index is 5.24. The van der Waals surface area contributed by atoms with Crippen LogP contribution in [-0.2, 0) is 0 Å². The number of nitrogens with two attached hydrogens (primary N) is 1. The molecule has 0 aliphatic heterocycles. The lowest BCUT2D eigenvalue weighted by Gasteiger charge is -1.97. The molecule has 0 aliphatic rings. The van der Waals surface area contributed by atoms with E-state index in [0.717, 1.165) is 6.54 Å². The maximum Gasteiger partial charge on any atom is 0.0141 e. The molecular weight excluding hydrogens is 124 g/mol. The third kappa shape index (κ3) is 7.50. The van der Waals surface area contributed by atoms with Gasteiger partial charge in [0.1, 0.15) is 0 Å². The molecule has 0 atom stereocenters. The van der Waals surface area contributed by atoms with Gasteiger partial charge in [0, 0.05) is 13.1 Å². The highest BCUT2D eigenvalue weighted by Crippen LogP contribution is 1.90. The van der Waals surface area contributed by atoms with Crippen molar-refractivity contribution < 1.29 is 0 Å². The van der Waals surface area contributed by atoms with Gasteiger partial charge in [0.15, 0.2) is 0 Å². The Hall–Kier alpha value is -0.500. The van der Waals surface area contributed by atoms with E-state index < -0.39 is 0 Å². The van der Waals surface area contributed by atoms with E-state index in [0.29, 0.717) is 6.54 Å². The van der Waals surface area contributed by atoms with Crippen LogP contribution < -0.4 is 11.1 Å². The summed E-state index contributed by atoms with van der Waals surface area (Å²) in [6.45, 7) is 3.90. The number of hydrogen-bond acceptors (Lipinski definition) is 2. The van der Waals surface area contributed by atoms with E-state index in [1.807, 2.05) is 12.3 Å². The van der Waals surface area contributed by atoms with E-state index in [4.69, 9.17) is 5.73 Å². The molecule has 0 amide bonds. The molecule has 0 spiro atoms. The van der Waals surface area contributed by atoms with Crippen LogP contribution >= 0.6 is 0 Å². The molecule has 0 saturated carbocycles. The predicted octanol–water partition coefficient (Wildman–Crippen LogP) is 1.24. The minimum atomic E-state index is 0.626. The number of unbranched alkanes of at least 4 members (excludes halogenated alkanes) is 2. The largest absolute Gasteiger partial charge is 0.391 e. The van der Waals surface area contributed by atoms with Crippen LogP contribution in [0.5, 0.6) is 0 Å². The molecule has 0 aliphatic carbocycles. The summed E-state index contributed by atoms with van der Waals surface area (Å²) in [5, 5.41) is 3.16. The first-order valence-electron chi connectivity index (χ1n) is 4.00. The first kappa shape index (κ1) is 9.50. The van der Waals surface area contributed by atoms with Crippen LogP contribution in [0.3, 0.4) is 0 Å². The maximum absolute atomic E-state index is 5.24. The molecule has 0 saturated heterocycles. The fourth-order valence-corrected chi connectivity index (χ4v) is 0.712. The molecule has 2 nitrogen and oxygen atoms in total. The number of rotatable bonds is 6. The van der Waals surface area contributed by atoms with Gasteiger partial charge in [-0.05, 0) is 12.6 Å². The Morgan fingerprint density at radius 1 is 1.40 bits per heavy atom. The van der Waals surface area contributed by atoms with Crippen molar-refractivity contribution in [1.29, 1.82) is 0 Å². The second-order valence-electron chi connectivity index (χ2n) is 2.30. The molecule has 0 aromatic heterocycles. The summed E-state index contributed by atoms with van der Waals surface area (Å²) in [5.41, 5.74) is 5.24. The lowest BCUT2D eigenvalue weighted by atomic mass is 10.2. The van der Waals surface area contributed by atoms with Gasteiger partial charge in [0.2, 0.25) is 0 Å². The molecule has 0 radical (unpaired) electrons. The van der Waals surface area contributed by atoms with Gasteiger partial charge in [-0.15, -0.1) is 0 Å². The van der Waals surface area contributed by atoms with Crippen molar-refractivity contribution in [2.75, 3.05) is 13.1 Å². The van der Waals surface area contributed by atoms with Gasteiger partial charge in [-0.25, -0.2) is 0 Å². The molecule has 0 aromatic carbocycles. The zero-order chi connectivity index (χ0) is 7.66. The molecular formula is C8H18N2. The summed E-state index contributed by atoms with van der Waals surface area (Å²) in [7, 11) is 0. The van der Waals surface area contributed by atoms with Gasteiger partial charge in [-0.1, -0.05) is 25.8 Å². The van der Waals surface area contributed by atoms with Crippen LogP contribution in [0.25, 0.3) is 0 Å². The highest BCUT2D eigenvalue weighted by atomic mass is 14.8. The highest BCUT2D eigenvalue weighted by molar-refractivity contribution is 4.79. The first-order chi connectivity index (χ1) is 4.91. The molecule has 0 bridgehead atoms. The Morgan fingerprint density at radius 3 is 2.80 bits per heavy atom. The summed E-state index contributed by atoms with van der Waals surface area (Å²) < 4.78 is 0. The monoisotopic (exact) mass is 142 g/mol. The normalized spacial score (nSPS) is 10.6. The van der Waals surface area contributed by atoms with E-state index in [1.54, 1.807) is 0 Å². The number of hydrogen-bond donors (Lipinski definition) is 2. The molecule has 60 valence electrons. The van der Waals surface area contributed by atoms with Gasteiger partial charge >= 0.3 is 0 Å². The van der Waals surface area contributed by atoms with Crippen LogP contribution in [0.4, 0.5) is 0 Å². The van der Waals surface area contributed by atoms with E-state index in [1.165, 1.54) is 19.3 Å². The smallest absolute Gasteiger partial charge is 0.0141 e. The van der Waals surface area contributed by atoms with Crippen LogP contribution in [0, 0.1) is 0 Å². The van der Waals surface area contributed by atoms with Gasteiger partial charge in [-0.2, -0.15) is 0 Å². The molecule has 2 heteroatoms. The van der Waals surface area contributed by atoms with Gasteiger partial charge < -0.3 is 11.1 Å². The SMILES string of the molecule is CCCCCN/C=C/CN. The minimum absolute atomic E-state index is 0.626. The van der Waals surface area contributed by atoms with Crippen LogP contribution in [0.15, 0.2) is 12.3 Å². The zero-order valence-corrected chi connectivity index (χ0v) is 6.77. The van der Waals surface area contributed by atoms with E-state index >= 15 is 0 Å². The number of nitrogens with one attached hydrogen (secondary N) is 1. The van der Waals surface area contributed by atoms with Crippen molar-refractivity contribution in [3.8, 4) is 0 Å². The van der Waals surface area contributed by atoms with Crippen LogP contribution in [0.2, 0.25) is 0 Å². The Balaban J connectivity index is 2.83. The summed E-state index contributed by atoms with van der Waals surface area (Å²) in [6.07, 6.45) is 7.69. The molecule has 3 N–H and O–H groups in total. The van der Waals surface area contributed by atoms with Crippen molar-refractivity contribution in [2.24, 2.45) is 5.73 Å². The second kappa shape index (κ2) is 8.50. The van der Waals surface area contributed by atoms with E-state index in [2.05, 4.69) is 12.2 Å². The van der Waals surface area contributed by atoms with Crippen molar-refractivity contribution in [3.05, 3.63) is 12.3 Å². The molecule has 0 aromatic rings. The summed E-state index contributed by atoms with van der Waals surface area (Å²) in [4.78, 5) is 0. The fourth-order valence-electron chi connectivity index (χ4n) is 0.712. The predicted molar refractivity (Wildman–Crippen MR) is 45.7 cm³/mol. The van der Waals surface area contributed by atoms with Gasteiger partial charge in [-0.3, -0.25) is 0 Å². The second-order valence-corrected chi connectivity index (χ2v) is 2.30. The van der Waals surface area contributed by atoms with Crippen LogP contribution in [0.1, 0.15) is 26.2 Å². The molecule has 0 rings (SSSR count). The fraction of sp³-hybridized carbons (Fsp3) is 0.750. The topological polar surface area (TPSA) is 38.0 Å². The molecule has 0 heterocycles. The molecule has 0 fully saturated rings. The Morgan fingerprint density at radius 2 is 2.20 bits per heavy atom. The highest BCUT2D eigenvalue weighted by Gasteiger charge is 1.80. The van der Waals surface area contributed by atoms with Crippen molar-refractivity contribution in [3.63, 3.8) is 0 Å². The summed E-state index contributed by atoms with van der Waals surface area (Å²) in [6, 6.07) is 0. The van der Waals surface area contributed by atoms with Crippen molar-refractivity contribution >= 4 is 0 Å². The Labute approximate surface area is 63.5 Å². The average Bonchev–Trinajstić information content (AvgIpc) is 1.97. The molecule has 10 heavy (non-hydrogen) atoms. The summed E-state index contributed by atoms with van der Waals surface area (Å²) in [5.74, 6) is 0. The minimum Gasteiger partial charge on any atom is -0.391 e. The van der Waals surface area contributed by atoms with E-state index in [-0.39, 0.29) is 0 Å². The Kier molecular flexibility index (Phi) is 8.07. The van der Waals surface area contributed by atoms with Crippen LogP contribution in [-0.4, -0.2) is 13.1 Å². The quantitative estimate of drug-likeness (QED) is 0.547.